The summed E-state index contributed by atoms with van der Waals surface area (Å²) in [6, 6.07) is 6.64. The molecule has 4 rings (SSSR count). The number of nitrogens with one attached hydrogen (secondary N) is 1. The van der Waals surface area contributed by atoms with Crippen LogP contribution < -0.4 is 0 Å². The average molecular weight is 268 g/mol. The van der Waals surface area contributed by atoms with Gasteiger partial charge >= 0.3 is 5.97 Å². The van der Waals surface area contributed by atoms with Crippen molar-refractivity contribution in [1.82, 2.24) is 9.88 Å². The molecule has 1 aromatic heterocycles. The van der Waals surface area contributed by atoms with Crippen LogP contribution in [-0.4, -0.2) is 34.0 Å². The number of H-pyrrole nitrogens is 1. The number of fused-ring (bicyclic) bond motifs is 2. The SMILES string of the molecule is CN1C=C(C(=O)O)C[C@@H]2c3cccc4[nH]cc(c34)C[C@H]21. The highest BCUT2D eigenvalue weighted by atomic mass is 16.4. The highest BCUT2D eigenvalue weighted by molar-refractivity contribution is 5.90. The zero-order valence-corrected chi connectivity index (χ0v) is 11.3. The van der Waals surface area contributed by atoms with Crippen LogP contribution in [0.3, 0.4) is 0 Å². The number of hydrogen-bond donors (Lipinski definition) is 2. The predicted molar refractivity (Wildman–Crippen MR) is 76.6 cm³/mol. The Balaban J connectivity index is 1.89. The first-order valence-corrected chi connectivity index (χ1v) is 6.90. The van der Waals surface area contributed by atoms with Gasteiger partial charge in [-0.25, -0.2) is 4.79 Å². The van der Waals surface area contributed by atoms with Gasteiger partial charge in [-0.3, -0.25) is 0 Å². The number of carboxylic acid groups (broad SMARTS) is 1. The summed E-state index contributed by atoms with van der Waals surface area (Å²) in [4.78, 5) is 16.7. The minimum absolute atomic E-state index is 0.267. The average Bonchev–Trinajstić information content (AvgIpc) is 2.84. The number of aliphatic carboxylic acids is 1. The Morgan fingerprint density at radius 3 is 3.05 bits per heavy atom. The van der Waals surface area contributed by atoms with E-state index in [9.17, 15) is 9.90 Å². The van der Waals surface area contributed by atoms with Crippen LogP contribution in [0.25, 0.3) is 10.9 Å². The monoisotopic (exact) mass is 268 g/mol. The maximum atomic E-state index is 11.3. The van der Waals surface area contributed by atoms with Crippen molar-refractivity contribution in [2.24, 2.45) is 0 Å². The quantitative estimate of drug-likeness (QED) is 0.835. The van der Waals surface area contributed by atoms with Gasteiger partial charge in [0, 0.05) is 42.3 Å². The molecule has 0 amide bonds. The second-order valence-corrected chi connectivity index (χ2v) is 5.79. The maximum Gasteiger partial charge on any atom is 0.333 e. The summed E-state index contributed by atoms with van der Waals surface area (Å²) in [5.41, 5.74) is 4.29. The summed E-state index contributed by atoms with van der Waals surface area (Å²) in [6.07, 6.45) is 5.48. The molecule has 0 radical (unpaired) electrons. The van der Waals surface area contributed by atoms with Crippen molar-refractivity contribution >= 4 is 16.9 Å². The predicted octanol–water partition coefficient (Wildman–Crippen LogP) is 2.48. The van der Waals surface area contributed by atoms with Gasteiger partial charge in [0.05, 0.1) is 5.57 Å². The van der Waals surface area contributed by atoms with E-state index in [1.165, 1.54) is 16.5 Å². The minimum atomic E-state index is -0.803. The fraction of sp³-hybridized carbons (Fsp3) is 0.312. The molecule has 2 aromatic rings. The molecule has 102 valence electrons. The highest BCUT2D eigenvalue weighted by Crippen LogP contribution is 2.43. The van der Waals surface area contributed by atoms with E-state index < -0.39 is 5.97 Å². The second kappa shape index (κ2) is 3.88. The Kier molecular flexibility index (Phi) is 2.25. The molecule has 20 heavy (non-hydrogen) atoms. The number of benzene rings is 1. The van der Waals surface area contributed by atoms with Crippen LogP contribution in [-0.2, 0) is 11.2 Å². The Labute approximate surface area is 116 Å². The van der Waals surface area contributed by atoms with Gasteiger partial charge in [0.2, 0.25) is 0 Å². The number of hydrogen-bond acceptors (Lipinski definition) is 2. The van der Waals surface area contributed by atoms with E-state index in [0.29, 0.717) is 18.0 Å². The van der Waals surface area contributed by atoms with E-state index in [4.69, 9.17) is 0 Å². The van der Waals surface area contributed by atoms with Crippen molar-refractivity contribution in [2.45, 2.75) is 24.8 Å². The van der Waals surface area contributed by atoms with Gasteiger partial charge in [0.15, 0.2) is 0 Å². The third-order valence-electron chi connectivity index (χ3n) is 4.71. The summed E-state index contributed by atoms with van der Waals surface area (Å²) < 4.78 is 0. The highest BCUT2D eigenvalue weighted by Gasteiger charge is 2.37. The first kappa shape index (κ1) is 11.6. The van der Waals surface area contributed by atoms with E-state index in [0.717, 1.165) is 11.9 Å². The summed E-state index contributed by atoms with van der Waals surface area (Å²) in [5.74, 6) is -0.537. The molecule has 2 atom stereocenters. The number of carbonyl (C=O) groups is 1. The number of aromatic amines is 1. The summed E-state index contributed by atoms with van der Waals surface area (Å²) in [7, 11) is 1.98. The first-order valence-electron chi connectivity index (χ1n) is 6.90. The fourth-order valence-corrected chi connectivity index (χ4v) is 3.78. The zero-order chi connectivity index (χ0) is 13.9. The van der Waals surface area contributed by atoms with Gasteiger partial charge in [-0.2, -0.15) is 0 Å². The number of aromatic nitrogens is 1. The fourth-order valence-electron chi connectivity index (χ4n) is 3.78. The van der Waals surface area contributed by atoms with Gasteiger partial charge in [0.1, 0.15) is 0 Å². The summed E-state index contributed by atoms with van der Waals surface area (Å²) in [6.45, 7) is 0. The van der Waals surface area contributed by atoms with E-state index in [1.54, 1.807) is 6.20 Å². The van der Waals surface area contributed by atoms with Crippen molar-refractivity contribution in [3.05, 3.63) is 47.3 Å². The van der Waals surface area contributed by atoms with Gasteiger partial charge < -0.3 is 15.0 Å². The molecule has 0 saturated carbocycles. The summed E-state index contributed by atoms with van der Waals surface area (Å²) >= 11 is 0. The molecule has 1 aromatic carbocycles. The molecule has 0 fully saturated rings. The smallest absolute Gasteiger partial charge is 0.333 e. The number of likely N-dealkylation sites (N-methyl/N-ethyl adjacent to an activating group) is 1. The van der Waals surface area contributed by atoms with Gasteiger partial charge in [-0.1, -0.05) is 12.1 Å². The lowest BCUT2D eigenvalue weighted by Gasteiger charge is -2.41. The Hall–Kier alpha value is -2.23. The molecule has 0 unspecified atom stereocenters. The van der Waals surface area contributed by atoms with Crippen LogP contribution in [0.4, 0.5) is 0 Å². The first-order chi connectivity index (χ1) is 9.65. The van der Waals surface area contributed by atoms with E-state index in [1.807, 2.05) is 7.05 Å². The number of nitrogens with zero attached hydrogens (tertiary/aromatic N) is 1. The van der Waals surface area contributed by atoms with Crippen molar-refractivity contribution in [3.63, 3.8) is 0 Å². The van der Waals surface area contributed by atoms with Crippen LogP contribution in [0.5, 0.6) is 0 Å². The van der Waals surface area contributed by atoms with E-state index >= 15 is 0 Å². The van der Waals surface area contributed by atoms with Crippen molar-refractivity contribution in [3.8, 4) is 0 Å². The third-order valence-corrected chi connectivity index (χ3v) is 4.71. The van der Waals surface area contributed by atoms with Gasteiger partial charge in [-0.15, -0.1) is 0 Å². The normalized spacial score (nSPS) is 24.4. The largest absolute Gasteiger partial charge is 0.478 e. The second-order valence-electron chi connectivity index (χ2n) is 5.79. The molecule has 2 N–H and O–H groups in total. The molecule has 4 heteroatoms. The topological polar surface area (TPSA) is 56.3 Å². The molecular formula is C16H16N2O2. The Morgan fingerprint density at radius 2 is 2.25 bits per heavy atom. The standard InChI is InChI=1S/C16H16N2O2/c1-18-8-10(16(19)20)5-12-11-3-2-4-13-15(11)9(7-17-13)6-14(12)18/h2-4,7-8,12,14,17H,5-6H2,1H3,(H,19,20)/t12-,14-/m1/s1. The van der Waals surface area contributed by atoms with Gasteiger partial charge in [0.25, 0.3) is 0 Å². The molecule has 2 aliphatic rings. The Morgan fingerprint density at radius 1 is 1.40 bits per heavy atom. The maximum absolute atomic E-state index is 11.3. The van der Waals surface area contributed by atoms with Crippen LogP contribution in [0.15, 0.2) is 36.2 Å². The van der Waals surface area contributed by atoms with Crippen LogP contribution >= 0.6 is 0 Å². The van der Waals surface area contributed by atoms with Crippen molar-refractivity contribution < 1.29 is 9.90 Å². The number of rotatable bonds is 1. The van der Waals surface area contributed by atoms with Crippen LogP contribution in [0.1, 0.15) is 23.5 Å². The van der Waals surface area contributed by atoms with Crippen LogP contribution in [0.2, 0.25) is 0 Å². The molecule has 0 spiro atoms. The molecule has 0 saturated heterocycles. The number of carboxylic acids is 1. The molecule has 1 aliphatic heterocycles. The lowest BCUT2D eigenvalue weighted by atomic mass is 9.75. The van der Waals surface area contributed by atoms with E-state index in [-0.39, 0.29) is 5.92 Å². The van der Waals surface area contributed by atoms with Crippen molar-refractivity contribution in [1.29, 1.82) is 0 Å². The molecular weight excluding hydrogens is 252 g/mol. The zero-order valence-electron chi connectivity index (χ0n) is 11.3. The Bertz CT molecular complexity index is 744. The van der Waals surface area contributed by atoms with E-state index in [2.05, 4.69) is 34.3 Å². The van der Waals surface area contributed by atoms with Crippen LogP contribution in [0, 0.1) is 0 Å². The molecule has 2 heterocycles. The summed E-state index contributed by atoms with van der Waals surface area (Å²) in [5, 5.41) is 10.6. The lowest BCUT2D eigenvalue weighted by Crippen LogP contribution is -2.41. The molecule has 1 aliphatic carbocycles. The molecule has 4 nitrogen and oxygen atoms in total. The lowest BCUT2D eigenvalue weighted by molar-refractivity contribution is -0.133. The van der Waals surface area contributed by atoms with Crippen molar-refractivity contribution in [2.75, 3.05) is 7.05 Å². The molecule has 0 bridgehead atoms. The minimum Gasteiger partial charge on any atom is -0.478 e. The van der Waals surface area contributed by atoms with Gasteiger partial charge in [-0.05, 0) is 30.0 Å². The third kappa shape index (κ3) is 1.45.